The summed E-state index contributed by atoms with van der Waals surface area (Å²) in [5.74, 6) is 2.26. The van der Waals surface area contributed by atoms with E-state index in [0.717, 1.165) is 55.4 Å². The molecule has 4 rings (SSSR count). The van der Waals surface area contributed by atoms with Crippen LogP contribution in [0.3, 0.4) is 0 Å². The molecular weight excluding hydrogens is 332 g/mol. The number of anilines is 1. The van der Waals surface area contributed by atoms with Crippen molar-refractivity contribution < 1.29 is 9.59 Å². The lowest BCUT2D eigenvalue weighted by Gasteiger charge is -2.38. The van der Waals surface area contributed by atoms with Gasteiger partial charge in [0.2, 0.25) is 5.91 Å². The van der Waals surface area contributed by atoms with Crippen LogP contribution < -0.4 is 15.5 Å². The molecule has 8 nitrogen and oxygen atoms in total. The Bertz CT molecular complexity index is 751. The molecule has 3 atom stereocenters. The first-order valence-electron chi connectivity index (χ1n) is 9.35. The van der Waals surface area contributed by atoms with Gasteiger partial charge < -0.3 is 20.4 Å². The van der Waals surface area contributed by atoms with E-state index < -0.39 is 6.04 Å². The lowest BCUT2D eigenvalue weighted by molar-refractivity contribution is -0.136. The highest BCUT2D eigenvalue weighted by atomic mass is 16.2. The van der Waals surface area contributed by atoms with Crippen molar-refractivity contribution in [2.75, 3.05) is 31.1 Å². The predicted molar refractivity (Wildman–Crippen MR) is 97.0 cm³/mol. The smallest absolute Gasteiger partial charge is 0.315 e. The fourth-order valence-electron chi connectivity index (χ4n) is 4.49. The van der Waals surface area contributed by atoms with Gasteiger partial charge in [0.15, 0.2) is 0 Å². The van der Waals surface area contributed by atoms with Crippen molar-refractivity contribution >= 4 is 17.8 Å². The third kappa shape index (κ3) is 2.87. The van der Waals surface area contributed by atoms with Gasteiger partial charge in [-0.15, -0.1) is 0 Å². The number of carbonyl (C=O) groups excluding carboxylic acids is 2. The summed E-state index contributed by atoms with van der Waals surface area (Å²) < 4.78 is 0. The van der Waals surface area contributed by atoms with Crippen molar-refractivity contribution in [3.8, 4) is 0 Å². The molecular formula is C18H26N6O2. The van der Waals surface area contributed by atoms with Crippen molar-refractivity contribution in [3.63, 3.8) is 0 Å². The van der Waals surface area contributed by atoms with E-state index in [0.29, 0.717) is 12.5 Å². The Labute approximate surface area is 153 Å². The van der Waals surface area contributed by atoms with Gasteiger partial charge in [-0.2, -0.15) is 0 Å². The van der Waals surface area contributed by atoms with E-state index in [1.165, 1.54) is 0 Å². The summed E-state index contributed by atoms with van der Waals surface area (Å²) in [7, 11) is 0. The lowest BCUT2D eigenvalue weighted by Crippen LogP contribution is -2.54. The monoisotopic (exact) mass is 358 g/mol. The zero-order chi connectivity index (χ0) is 18.4. The van der Waals surface area contributed by atoms with Crippen LogP contribution in [0.5, 0.6) is 0 Å². The van der Waals surface area contributed by atoms with E-state index in [4.69, 9.17) is 0 Å². The molecule has 0 aromatic carbocycles. The number of fused-ring (bicyclic) bond motifs is 1. The van der Waals surface area contributed by atoms with E-state index in [-0.39, 0.29) is 18.0 Å². The van der Waals surface area contributed by atoms with Crippen LogP contribution in [-0.2, 0) is 4.79 Å². The number of urea groups is 1. The minimum absolute atomic E-state index is 0.0340. The summed E-state index contributed by atoms with van der Waals surface area (Å²) in [6, 6.07) is -0.517. The normalized spacial score (nSPS) is 28.0. The first-order valence-corrected chi connectivity index (χ1v) is 9.35. The summed E-state index contributed by atoms with van der Waals surface area (Å²) in [6.45, 7) is 8.85. The van der Waals surface area contributed by atoms with Gasteiger partial charge in [-0.3, -0.25) is 4.79 Å². The fourth-order valence-corrected chi connectivity index (χ4v) is 4.49. The number of aryl methyl sites for hydroxylation is 2. The van der Waals surface area contributed by atoms with Crippen molar-refractivity contribution in [1.82, 2.24) is 25.5 Å². The summed E-state index contributed by atoms with van der Waals surface area (Å²) >= 11 is 0. The van der Waals surface area contributed by atoms with Gasteiger partial charge in [0.1, 0.15) is 17.7 Å². The summed E-state index contributed by atoms with van der Waals surface area (Å²) in [6.07, 6.45) is 2.14. The molecule has 3 amide bonds. The molecule has 4 heterocycles. The van der Waals surface area contributed by atoms with Crippen LogP contribution in [0.25, 0.3) is 0 Å². The quantitative estimate of drug-likeness (QED) is 0.804. The molecule has 1 aromatic rings. The molecule has 3 fully saturated rings. The molecule has 0 aliphatic carbocycles. The van der Waals surface area contributed by atoms with Gasteiger partial charge >= 0.3 is 6.03 Å². The standard InChI is InChI=1S/C18H26N6O2/c1-10-11(2)20-12(3)21-16(10)23-8-13-5-4-6-24(15(13)9-23)17(25)14-7-19-18(26)22-14/h13-15H,4-9H2,1-3H3,(H2,19,22,26)/t13-,14+,15+/m0/s1. The average Bonchev–Trinajstić information content (AvgIpc) is 3.23. The second-order valence-corrected chi connectivity index (χ2v) is 7.62. The van der Waals surface area contributed by atoms with Gasteiger partial charge in [-0.25, -0.2) is 14.8 Å². The zero-order valence-corrected chi connectivity index (χ0v) is 15.6. The molecule has 2 N–H and O–H groups in total. The third-order valence-corrected chi connectivity index (χ3v) is 5.91. The minimum Gasteiger partial charge on any atom is -0.354 e. The Morgan fingerprint density at radius 2 is 2.00 bits per heavy atom. The number of aromatic nitrogens is 2. The predicted octanol–water partition coefficient (Wildman–Crippen LogP) is 0.510. The van der Waals surface area contributed by atoms with Crippen molar-refractivity contribution in [2.24, 2.45) is 5.92 Å². The maximum Gasteiger partial charge on any atom is 0.315 e. The third-order valence-electron chi connectivity index (χ3n) is 5.91. The number of hydrogen-bond donors (Lipinski definition) is 2. The molecule has 3 aliphatic rings. The zero-order valence-electron chi connectivity index (χ0n) is 15.6. The summed E-state index contributed by atoms with van der Waals surface area (Å²) in [4.78, 5) is 37.7. The summed E-state index contributed by atoms with van der Waals surface area (Å²) in [5, 5.41) is 5.40. The van der Waals surface area contributed by atoms with Crippen LogP contribution >= 0.6 is 0 Å². The van der Waals surface area contributed by atoms with Gasteiger partial charge in [0.25, 0.3) is 0 Å². The maximum absolute atomic E-state index is 12.9. The number of piperidine rings is 1. The van der Waals surface area contributed by atoms with E-state index in [2.05, 4.69) is 32.4 Å². The second kappa shape index (κ2) is 6.41. The van der Waals surface area contributed by atoms with Gasteiger partial charge in [-0.05, 0) is 39.5 Å². The van der Waals surface area contributed by atoms with Crippen molar-refractivity contribution in [3.05, 3.63) is 17.1 Å². The van der Waals surface area contributed by atoms with E-state index in [1.807, 2.05) is 18.7 Å². The van der Waals surface area contributed by atoms with Crippen LogP contribution in [0, 0.1) is 26.7 Å². The number of nitrogens with one attached hydrogen (secondary N) is 2. The largest absolute Gasteiger partial charge is 0.354 e. The van der Waals surface area contributed by atoms with E-state index in [9.17, 15) is 9.59 Å². The van der Waals surface area contributed by atoms with E-state index >= 15 is 0 Å². The number of carbonyl (C=O) groups is 2. The van der Waals surface area contributed by atoms with Crippen LogP contribution in [0.1, 0.15) is 29.9 Å². The Hall–Kier alpha value is -2.38. The molecule has 0 spiro atoms. The number of likely N-dealkylation sites (tertiary alicyclic amines) is 1. The van der Waals surface area contributed by atoms with Crippen LogP contribution in [0.2, 0.25) is 0 Å². The molecule has 0 saturated carbocycles. The Balaban J connectivity index is 1.55. The number of amides is 3. The highest BCUT2D eigenvalue weighted by Crippen LogP contribution is 2.34. The topological polar surface area (TPSA) is 90.5 Å². The first-order chi connectivity index (χ1) is 12.4. The Morgan fingerprint density at radius 3 is 2.73 bits per heavy atom. The molecule has 0 bridgehead atoms. The van der Waals surface area contributed by atoms with Crippen molar-refractivity contribution in [2.45, 2.75) is 45.7 Å². The van der Waals surface area contributed by atoms with Gasteiger partial charge in [-0.1, -0.05) is 0 Å². The van der Waals surface area contributed by atoms with Gasteiger partial charge in [0, 0.05) is 37.4 Å². The lowest BCUT2D eigenvalue weighted by atomic mass is 9.91. The number of hydrogen-bond acceptors (Lipinski definition) is 5. The van der Waals surface area contributed by atoms with Crippen molar-refractivity contribution in [1.29, 1.82) is 0 Å². The van der Waals surface area contributed by atoms with Gasteiger partial charge in [0.05, 0.1) is 6.04 Å². The molecule has 26 heavy (non-hydrogen) atoms. The number of nitrogens with zero attached hydrogens (tertiary/aromatic N) is 4. The van der Waals surface area contributed by atoms with Crippen LogP contribution in [0.15, 0.2) is 0 Å². The highest BCUT2D eigenvalue weighted by Gasteiger charge is 2.44. The maximum atomic E-state index is 12.9. The molecule has 0 unspecified atom stereocenters. The fraction of sp³-hybridized carbons (Fsp3) is 0.667. The molecule has 3 saturated heterocycles. The SMILES string of the molecule is Cc1nc(C)c(C)c(N2C[C@@H]3CCCN(C(=O)[C@H]4CNC(=O)N4)[C@@H]3C2)n1. The Kier molecular flexibility index (Phi) is 4.20. The first kappa shape index (κ1) is 17.1. The average molecular weight is 358 g/mol. The minimum atomic E-state index is -0.444. The molecule has 0 radical (unpaired) electrons. The Morgan fingerprint density at radius 1 is 1.19 bits per heavy atom. The highest BCUT2D eigenvalue weighted by molar-refractivity contribution is 5.90. The van der Waals surface area contributed by atoms with Crippen LogP contribution in [-0.4, -0.2) is 65.1 Å². The number of rotatable bonds is 2. The molecule has 140 valence electrons. The molecule has 3 aliphatic heterocycles. The molecule has 8 heteroatoms. The van der Waals surface area contributed by atoms with Crippen LogP contribution in [0.4, 0.5) is 10.6 Å². The summed E-state index contributed by atoms with van der Waals surface area (Å²) in [5.41, 5.74) is 2.12. The second-order valence-electron chi connectivity index (χ2n) is 7.62. The molecule has 1 aromatic heterocycles. The van der Waals surface area contributed by atoms with E-state index in [1.54, 1.807) is 0 Å².